The van der Waals surface area contributed by atoms with E-state index in [0.717, 1.165) is 24.9 Å². The summed E-state index contributed by atoms with van der Waals surface area (Å²) in [4.78, 5) is 21.0. The van der Waals surface area contributed by atoms with Gasteiger partial charge in [0.25, 0.3) is 5.91 Å². The highest BCUT2D eigenvalue weighted by Gasteiger charge is 2.25. The Kier molecular flexibility index (Phi) is 6.58. The molecule has 0 radical (unpaired) electrons. The number of aliphatic hydroxyl groups is 1. The van der Waals surface area contributed by atoms with Gasteiger partial charge < -0.3 is 20.5 Å². The smallest absolute Gasteiger partial charge is 0.253 e. The first-order valence-corrected chi connectivity index (χ1v) is 10.6. The molecule has 2 fully saturated rings. The SMILES string of the molecule is Cc1ncc(C(=O)N[C@H]2CCCC[C@@H]2O)cc1/C=C(\F)c1cncc(NC2COC2)c1. The number of aliphatic hydroxyl groups excluding tert-OH is 1. The van der Waals surface area contributed by atoms with Crippen LogP contribution < -0.4 is 10.6 Å². The van der Waals surface area contributed by atoms with E-state index in [1.807, 2.05) is 0 Å². The number of rotatable bonds is 6. The van der Waals surface area contributed by atoms with Crippen molar-refractivity contribution in [2.45, 2.75) is 50.8 Å². The van der Waals surface area contributed by atoms with Gasteiger partial charge in [-0.1, -0.05) is 12.8 Å². The van der Waals surface area contributed by atoms with Gasteiger partial charge in [0, 0.05) is 29.8 Å². The van der Waals surface area contributed by atoms with E-state index >= 15 is 0 Å². The lowest BCUT2D eigenvalue weighted by Crippen LogP contribution is -2.45. The van der Waals surface area contributed by atoms with Crippen molar-refractivity contribution >= 4 is 23.5 Å². The van der Waals surface area contributed by atoms with Crippen LogP contribution in [-0.2, 0) is 4.74 Å². The summed E-state index contributed by atoms with van der Waals surface area (Å²) in [5, 5.41) is 16.2. The molecule has 2 aliphatic rings. The molecule has 8 heteroatoms. The average molecular weight is 426 g/mol. The number of carbonyl (C=O) groups is 1. The number of anilines is 1. The normalized spacial score (nSPS) is 22.0. The molecule has 0 unspecified atom stereocenters. The third kappa shape index (κ3) is 5.26. The minimum Gasteiger partial charge on any atom is -0.391 e. The van der Waals surface area contributed by atoms with Crippen molar-refractivity contribution in [2.75, 3.05) is 18.5 Å². The Balaban J connectivity index is 1.50. The van der Waals surface area contributed by atoms with Crippen molar-refractivity contribution < 1.29 is 19.0 Å². The van der Waals surface area contributed by atoms with Crippen LogP contribution in [0.4, 0.5) is 10.1 Å². The fourth-order valence-electron chi connectivity index (χ4n) is 3.78. The predicted octanol–water partition coefficient (Wildman–Crippen LogP) is 3.10. The molecule has 31 heavy (non-hydrogen) atoms. The monoisotopic (exact) mass is 426 g/mol. The van der Waals surface area contributed by atoms with Gasteiger partial charge in [0.15, 0.2) is 0 Å². The second-order valence-electron chi connectivity index (χ2n) is 8.16. The summed E-state index contributed by atoms with van der Waals surface area (Å²) >= 11 is 0. The Hall–Kier alpha value is -2.84. The van der Waals surface area contributed by atoms with Crippen molar-refractivity contribution in [1.82, 2.24) is 15.3 Å². The Bertz CT molecular complexity index is 977. The molecular weight excluding hydrogens is 399 g/mol. The Morgan fingerprint density at radius 3 is 2.74 bits per heavy atom. The molecule has 0 spiro atoms. The van der Waals surface area contributed by atoms with Gasteiger partial charge in [-0.05, 0) is 43.5 Å². The molecule has 3 N–H and O–H groups in total. The number of aryl methyl sites for hydroxylation is 1. The number of hydrogen-bond donors (Lipinski definition) is 3. The highest BCUT2D eigenvalue weighted by atomic mass is 19.1. The van der Waals surface area contributed by atoms with Gasteiger partial charge >= 0.3 is 0 Å². The van der Waals surface area contributed by atoms with Crippen molar-refractivity contribution in [3.05, 3.63) is 53.1 Å². The second kappa shape index (κ2) is 9.53. The number of aromatic nitrogens is 2. The number of nitrogens with one attached hydrogen (secondary N) is 2. The fourth-order valence-corrected chi connectivity index (χ4v) is 3.78. The van der Waals surface area contributed by atoms with Gasteiger partial charge in [-0.15, -0.1) is 0 Å². The molecule has 1 aliphatic heterocycles. The standard InChI is InChI=1S/C23H27FN4O3/c1-14-15(6-17(10-26-14)23(30)28-21-4-2-3-5-22(21)29)8-20(24)16-7-18(11-25-9-16)27-19-12-31-13-19/h6-11,19,21-22,27,29H,2-5,12-13H2,1H3,(H,28,30)/b20-8-/t21-,22-/m0/s1. The molecule has 1 aliphatic carbocycles. The van der Waals surface area contributed by atoms with E-state index in [4.69, 9.17) is 4.74 Å². The third-order valence-electron chi connectivity index (χ3n) is 5.74. The van der Waals surface area contributed by atoms with Gasteiger partial charge in [0.1, 0.15) is 5.83 Å². The third-order valence-corrected chi connectivity index (χ3v) is 5.74. The van der Waals surface area contributed by atoms with Crippen molar-refractivity contribution in [3.8, 4) is 0 Å². The number of halogens is 1. The summed E-state index contributed by atoms with van der Waals surface area (Å²) < 4.78 is 20.1. The average Bonchev–Trinajstić information content (AvgIpc) is 2.74. The number of amides is 1. The lowest BCUT2D eigenvalue weighted by Gasteiger charge is -2.28. The highest BCUT2D eigenvalue weighted by Crippen LogP contribution is 2.24. The van der Waals surface area contributed by atoms with Crippen LogP contribution in [0.1, 0.15) is 52.9 Å². The zero-order chi connectivity index (χ0) is 21.8. The van der Waals surface area contributed by atoms with Crippen LogP contribution in [0.25, 0.3) is 11.9 Å². The van der Waals surface area contributed by atoms with Crippen LogP contribution in [0.15, 0.2) is 30.7 Å². The summed E-state index contributed by atoms with van der Waals surface area (Å²) in [5.41, 5.74) is 2.52. The van der Waals surface area contributed by atoms with Gasteiger partial charge in [-0.3, -0.25) is 14.8 Å². The first kappa shape index (κ1) is 21.4. The molecule has 164 valence electrons. The van der Waals surface area contributed by atoms with E-state index in [1.54, 1.807) is 25.3 Å². The van der Waals surface area contributed by atoms with E-state index in [9.17, 15) is 14.3 Å². The maximum atomic E-state index is 15.0. The number of pyridine rings is 2. The lowest BCUT2D eigenvalue weighted by molar-refractivity contribution is 0.0211. The van der Waals surface area contributed by atoms with Crippen molar-refractivity contribution in [3.63, 3.8) is 0 Å². The lowest BCUT2D eigenvalue weighted by atomic mass is 9.92. The van der Waals surface area contributed by atoms with Crippen LogP contribution in [0.2, 0.25) is 0 Å². The maximum absolute atomic E-state index is 15.0. The van der Waals surface area contributed by atoms with Crippen LogP contribution >= 0.6 is 0 Å². The first-order chi connectivity index (χ1) is 15.0. The van der Waals surface area contributed by atoms with E-state index in [2.05, 4.69) is 20.6 Å². The largest absolute Gasteiger partial charge is 0.391 e. The van der Waals surface area contributed by atoms with E-state index in [1.165, 1.54) is 18.5 Å². The Morgan fingerprint density at radius 1 is 1.19 bits per heavy atom. The molecule has 1 saturated heterocycles. The fraction of sp³-hybridized carbons (Fsp3) is 0.435. The zero-order valence-corrected chi connectivity index (χ0v) is 17.5. The van der Waals surface area contributed by atoms with Gasteiger partial charge in [0.05, 0.1) is 42.7 Å². The second-order valence-corrected chi connectivity index (χ2v) is 8.16. The predicted molar refractivity (Wildman–Crippen MR) is 116 cm³/mol. The summed E-state index contributed by atoms with van der Waals surface area (Å²) in [6, 6.07) is 3.27. The van der Waals surface area contributed by atoms with E-state index in [0.29, 0.717) is 42.0 Å². The van der Waals surface area contributed by atoms with Crippen LogP contribution in [-0.4, -0.2) is 52.4 Å². The van der Waals surface area contributed by atoms with Gasteiger partial charge in [0.2, 0.25) is 0 Å². The van der Waals surface area contributed by atoms with Crippen molar-refractivity contribution in [2.24, 2.45) is 0 Å². The number of ether oxygens (including phenoxy) is 1. The molecule has 2 atom stereocenters. The zero-order valence-electron chi connectivity index (χ0n) is 17.5. The summed E-state index contributed by atoms with van der Waals surface area (Å²) in [7, 11) is 0. The quantitative estimate of drug-likeness (QED) is 0.657. The van der Waals surface area contributed by atoms with Gasteiger partial charge in [-0.2, -0.15) is 0 Å². The molecule has 7 nitrogen and oxygen atoms in total. The molecule has 1 saturated carbocycles. The summed E-state index contributed by atoms with van der Waals surface area (Å²) in [5.74, 6) is -0.782. The van der Waals surface area contributed by atoms with Crippen LogP contribution in [0.3, 0.4) is 0 Å². The van der Waals surface area contributed by atoms with E-state index in [-0.39, 0.29) is 18.0 Å². The minimum atomic E-state index is -0.534. The molecule has 2 aromatic heterocycles. The summed E-state index contributed by atoms with van der Waals surface area (Å²) in [6.45, 7) is 3.01. The summed E-state index contributed by atoms with van der Waals surface area (Å²) in [6.07, 6.45) is 8.78. The highest BCUT2D eigenvalue weighted by molar-refractivity contribution is 5.95. The number of nitrogens with zero attached hydrogens (tertiary/aromatic N) is 2. The molecule has 4 rings (SSSR count). The topological polar surface area (TPSA) is 96.4 Å². The molecular formula is C23H27FN4O3. The minimum absolute atomic E-state index is 0.216. The van der Waals surface area contributed by atoms with Crippen LogP contribution in [0, 0.1) is 6.92 Å². The Labute approximate surface area is 180 Å². The molecule has 3 heterocycles. The van der Waals surface area contributed by atoms with Crippen molar-refractivity contribution in [1.29, 1.82) is 0 Å². The Morgan fingerprint density at radius 2 is 2.00 bits per heavy atom. The van der Waals surface area contributed by atoms with Crippen LogP contribution in [0.5, 0.6) is 0 Å². The molecule has 2 aromatic rings. The number of hydrogen-bond acceptors (Lipinski definition) is 6. The maximum Gasteiger partial charge on any atom is 0.253 e. The van der Waals surface area contributed by atoms with Gasteiger partial charge in [-0.25, -0.2) is 4.39 Å². The molecule has 0 aromatic carbocycles. The molecule has 0 bridgehead atoms. The first-order valence-electron chi connectivity index (χ1n) is 10.6. The number of carbonyl (C=O) groups excluding carboxylic acids is 1. The van der Waals surface area contributed by atoms with E-state index < -0.39 is 11.9 Å². The molecule has 1 amide bonds.